The molecule has 1 atom stereocenters. The maximum absolute atomic E-state index is 3.51. The van der Waals surface area contributed by atoms with E-state index in [4.69, 9.17) is 0 Å². The second kappa shape index (κ2) is 6.73. The summed E-state index contributed by atoms with van der Waals surface area (Å²) in [7, 11) is 0. The standard InChI is InChI=1S/C18H24N2S/c1-14-6-7-16(15(2)13-14)18(17-5-3-12-21-17)20-10-4-8-19-9-11-20/h3,5-7,12-13,18-19H,4,8-11H2,1-2H3. The van der Waals surface area contributed by atoms with Gasteiger partial charge in [0.2, 0.25) is 0 Å². The van der Waals surface area contributed by atoms with Crippen LogP contribution in [0.1, 0.15) is 34.0 Å². The van der Waals surface area contributed by atoms with E-state index >= 15 is 0 Å². The molecular weight excluding hydrogens is 276 g/mol. The predicted octanol–water partition coefficient (Wildman–Crippen LogP) is 3.75. The molecule has 0 saturated carbocycles. The number of nitrogens with one attached hydrogen (secondary N) is 1. The molecule has 1 fully saturated rings. The zero-order valence-corrected chi connectivity index (χ0v) is 13.7. The molecule has 2 aromatic rings. The summed E-state index contributed by atoms with van der Waals surface area (Å²) in [5, 5.41) is 5.71. The highest BCUT2D eigenvalue weighted by molar-refractivity contribution is 7.10. The van der Waals surface area contributed by atoms with Crippen LogP contribution in [-0.4, -0.2) is 31.1 Å². The summed E-state index contributed by atoms with van der Waals surface area (Å²) in [6.07, 6.45) is 1.23. The summed E-state index contributed by atoms with van der Waals surface area (Å²) >= 11 is 1.88. The Morgan fingerprint density at radius 1 is 1.14 bits per heavy atom. The summed E-state index contributed by atoms with van der Waals surface area (Å²) in [5.41, 5.74) is 4.22. The Labute approximate surface area is 131 Å². The lowest BCUT2D eigenvalue weighted by Gasteiger charge is -2.31. The van der Waals surface area contributed by atoms with Crippen LogP contribution in [0.15, 0.2) is 35.7 Å². The van der Waals surface area contributed by atoms with E-state index in [2.05, 4.69) is 59.8 Å². The van der Waals surface area contributed by atoms with Gasteiger partial charge in [0.15, 0.2) is 0 Å². The molecule has 1 aromatic carbocycles. The number of aryl methyl sites for hydroxylation is 2. The third-order valence-electron chi connectivity index (χ3n) is 4.27. The van der Waals surface area contributed by atoms with Crippen molar-refractivity contribution in [2.45, 2.75) is 26.3 Å². The summed E-state index contributed by atoms with van der Waals surface area (Å²) in [5.74, 6) is 0. The van der Waals surface area contributed by atoms with E-state index < -0.39 is 0 Å². The van der Waals surface area contributed by atoms with Crippen molar-refractivity contribution >= 4 is 11.3 Å². The second-order valence-corrected chi connectivity index (χ2v) is 6.90. The van der Waals surface area contributed by atoms with Crippen LogP contribution in [0.2, 0.25) is 0 Å². The Bertz CT molecular complexity index is 569. The topological polar surface area (TPSA) is 15.3 Å². The van der Waals surface area contributed by atoms with Crippen molar-refractivity contribution in [1.82, 2.24) is 10.2 Å². The Balaban J connectivity index is 1.99. The maximum Gasteiger partial charge on any atom is 0.0699 e. The average molecular weight is 300 g/mol. The molecular formula is C18H24N2S. The minimum Gasteiger partial charge on any atom is -0.315 e. The van der Waals surface area contributed by atoms with Gasteiger partial charge in [-0.15, -0.1) is 11.3 Å². The van der Waals surface area contributed by atoms with Gasteiger partial charge in [0, 0.05) is 24.5 Å². The Morgan fingerprint density at radius 2 is 2.05 bits per heavy atom. The zero-order valence-electron chi connectivity index (χ0n) is 12.9. The lowest BCUT2D eigenvalue weighted by molar-refractivity contribution is 0.243. The van der Waals surface area contributed by atoms with Crippen molar-refractivity contribution in [1.29, 1.82) is 0 Å². The van der Waals surface area contributed by atoms with Crippen LogP contribution < -0.4 is 5.32 Å². The normalized spacial score (nSPS) is 18.4. The van der Waals surface area contributed by atoms with Gasteiger partial charge in [0.25, 0.3) is 0 Å². The summed E-state index contributed by atoms with van der Waals surface area (Å²) in [4.78, 5) is 4.10. The van der Waals surface area contributed by atoms with Gasteiger partial charge < -0.3 is 5.32 Å². The van der Waals surface area contributed by atoms with E-state index in [0.717, 1.165) is 19.6 Å². The van der Waals surface area contributed by atoms with Crippen LogP contribution in [-0.2, 0) is 0 Å². The van der Waals surface area contributed by atoms with Crippen LogP contribution in [0.25, 0.3) is 0 Å². The zero-order chi connectivity index (χ0) is 14.7. The van der Waals surface area contributed by atoms with Crippen molar-refractivity contribution < 1.29 is 0 Å². The first-order valence-electron chi connectivity index (χ1n) is 7.81. The molecule has 3 rings (SSSR count). The van der Waals surface area contributed by atoms with Gasteiger partial charge in [-0.25, -0.2) is 0 Å². The lowest BCUT2D eigenvalue weighted by atomic mass is 9.96. The molecule has 0 bridgehead atoms. The fourth-order valence-corrected chi connectivity index (χ4v) is 4.11. The van der Waals surface area contributed by atoms with Crippen molar-refractivity contribution in [3.63, 3.8) is 0 Å². The van der Waals surface area contributed by atoms with Crippen molar-refractivity contribution in [2.24, 2.45) is 0 Å². The molecule has 2 nitrogen and oxygen atoms in total. The van der Waals surface area contributed by atoms with Gasteiger partial charge in [0.05, 0.1) is 6.04 Å². The van der Waals surface area contributed by atoms with E-state index in [9.17, 15) is 0 Å². The highest BCUT2D eigenvalue weighted by Crippen LogP contribution is 2.34. The van der Waals surface area contributed by atoms with Crippen molar-refractivity contribution in [3.05, 3.63) is 57.3 Å². The highest BCUT2D eigenvalue weighted by atomic mass is 32.1. The molecule has 1 N–H and O–H groups in total. The first-order valence-corrected chi connectivity index (χ1v) is 8.69. The van der Waals surface area contributed by atoms with E-state index in [1.54, 1.807) is 0 Å². The molecule has 1 aliphatic rings. The molecule has 0 amide bonds. The first kappa shape index (κ1) is 14.8. The van der Waals surface area contributed by atoms with Crippen LogP contribution in [0, 0.1) is 13.8 Å². The number of hydrogen-bond acceptors (Lipinski definition) is 3. The molecule has 0 spiro atoms. The number of rotatable bonds is 3. The van der Waals surface area contributed by atoms with Crippen LogP contribution in [0.4, 0.5) is 0 Å². The minimum absolute atomic E-state index is 0.408. The Kier molecular flexibility index (Phi) is 4.73. The third-order valence-corrected chi connectivity index (χ3v) is 5.20. The molecule has 0 radical (unpaired) electrons. The number of thiophene rings is 1. The predicted molar refractivity (Wildman–Crippen MR) is 91.1 cm³/mol. The maximum atomic E-state index is 3.51. The smallest absolute Gasteiger partial charge is 0.0699 e. The minimum atomic E-state index is 0.408. The van der Waals surface area contributed by atoms with Crippen LogP contribution in [0.5, 0.6) is 0 Å². The fourth-order valence-electron chi connectivity index (χ4n) is 3.23. The molecule has 21 heavy (non-hydrogen) atoms. The molecule has 1 aliphatic heterocycles. The van der Waals surface area contributed by atoms with E-state index in [1.807, 2.05) is 11.3 Å². The quantitative estimate of drug-likeness (QED) is 0.928. The summed E-state index contributed by atoms with van der Waals surface area (Å²) in [6.45, 7) is 8.94. The van der Waals surface area contributed by atoms with Gasteiger partial charge in [-0.3, -0.25) is 4.90 Å². The number of nitrogens with zero attached hydrogens (tertiary/aromatic N) is 1. The van der Waals surface area contributed by atoms with Gasteiger partial charge in [-0.1, -0.05) is 29.8 Å². The second-order valence-electron chi connectivity index (χ2n) is 5.92. The molecule has 112 valence electrons. The Morgan fingerprint density at radius 3 is 2.81 bits per heavy atom. The van der Waals surface area contributed by atoms with Crippen molar-refractivity contribution in [3.8, 4) is 0 Å². The van der Waals surface area contributed by atoms with Gasteiger partial charge in [-0.05, 0) is 49.4 Å². The molecule has 1 aromatic heterocycles. The fraction of sp³-hybridized carbons (Fsp3) is 0.444. The highest BCUT2D eigenvalue weighted by Gasteiger charge is 2.25. The lowest BCUT2D eigenvalue weighted by Crippen LogP contribution is -2.33. The van der Waals surface area contributed by atoms with E-state index in [1.165, 1.54) is 34.5 Å². The summed E-state index contributed by atoms with van der Waals surface area (Å²) < 4.78 is 0. The van der Waals surface area contributed by atoms with Gasteiger partial charge in [0.1, 0.15) is 0 Å². The first-order chi connectivity index (χ1) is 10.3. The van der Waals surface area contributed by atoms with E-state index in [0.29, 0.717) is 6.04 Å². The summed E-state index contributed by atoms with van der Waals surface area (Å²) in [6, 6.07) is 11.8. The van der Waals surface area contributed by atoms with Gasteiger partial charge >= 0.3 is 0 Å². The molecule has 0 aliphatic carbocycles. The van der Waals surface area contributed by atoms with Crippen LogP contribution in [0.3, 0.4) is 0 Å². The van der Waals surface area contributed by atoms with Crippen LogP contribution >= 0.6 is 11.3 Å². The SMILES string of the molecule is Cc1ccc(C(c2cccs2)N2CCCNCC2)c(C)c1. The average Bonchev–Trinajstić information content (AvgIpc) is 2.85. The number of benzene rings is 1. The molecule has 1 unspecified atom stereocenters. The molecule has 3 heteroatoms. The van der Waals surface area contributed by atoms with Crippen molar-refractivity contribution in [2.75, 3.05) is 26.2 Å². The monoisotopic (exact) mass is 300 g/mol. The third kappa shape index (κ3) is 3.37. The Hall–Kier alpha value is -1.16. The van der Waals surface area contributed by atoms with E-state index in [-0.39, 0.29) is 0 Å². The largest absolute Gasteiger partial charge is 0.315 e. The number of hydrogen-bond donors (Lipinski definition) is 1. The molecule has 1 saturated heterocycles. The molecule has 2 heterocycles. The van der Waals surface area contributed by atoms with Gasteiger partial charge in [-0.2, -0.15) is 0 Å².